The lowest BCUT2D eigenvalue weighted by atomic mass is 9.83. The Hall–Kier alpha value is -1.35. The van der Waals surface area contributed by atoms with Crippen LogP contribution in [0.1, 0.15) is 41.6 Å². The van der Waals surface area contributed by atoms with Gasteiger partial charge in [0.05, 0.1) is 5.56 Å². The zero-order chi connectivity index (χ0) is 13.0. The van der Waals surface area contributed by atoms with Crippen LogP contribution < -0.4 is 0 Å². The summed E-state index contributed by atoms with van der Waals surface area (Å²) in [4.78, 5) is 13.2. The van der Waals surface area contributed by atoms with E-state index in [1.54, 1.807) is 12.1 Å². The van der Waals surface area contributed by atoms with Crippen LogP contribution in [0.4, 0.5) is 0 Å². The highest BCUT2D eigenvalue weighted by Gasteiger charge is 2.17. The first-order valence-electron chi connectivity index (χ1n) is 6.66. The summed E-state index contributed by atoms with van der Waals surface area (Å²) in [5, 5.41) is 8.95. The molecule has 0 spiro atoms. The quantitative estimate of drug-likeness (QED) is 0.840. The van der Waals surface area contributed by atoms with E-state index in [1.807, 2.05) is 12.1 Å². The van der Waals surface area contributed by atoms with Crippen molar-refractivity contribution in [2.45, 2.75) is 32.2 Å². The molecule has 0 amide bonds. The van der Waals surface area contributed by atoms with Crippen LogP contribution >= 0.6 is 0 Å². The number of hydrogen-bond donors (Lipinski definition) is 1. The lowest BCUT2D eigenvalue weighted by Gasteiger charge is -2.27. The number of carboxylic acids is 1. The van der Waals surface area contributed by atoms with Gasteiger partial charge in [0.15, 0.2) is 0 Å². The molecule has 1 aromatic carbocycles. The molecular formula is C15H21NO2. The van der Waals surface area contributed by atoms with Crippen LogP contribution in [0.15, 0.2) is 24.3 Å². The van der Waals surface area contributed by atoms with Gasteiger partial charge in [0.1, 0.15) is 0 Å². The first-order chi connectivity index (χ1) is 8.65. The van der Waals surface area contributed by atoms with Gasteiger partial charge in [0, 0.05) is 6.54 Å². The number of rotatable bonds is 6. The fourth-order valence-corrected chi connectivity index (χ4v) is 2.38. The third kappa shape index (κ3) is 3.57. The second kappa shape index (κ2) is 6.01. The number of carboxylic acid groups (broad SMARTS) is 1. The second-order valence-corrected chi connectivity index (χ2v) is 5.33. The molecule has 2 rings (SSSR count). The van der Waals surface area contributed by atoms with E-state index in [2.05, 4.69) is 11.9 Å². The van der Waals surface area contributed by atoms with Gasteiger partial charge in [-0.1, -0.05) is 31.4 Å². The Morgan fingerprint density at radius 1 is 1.44 bits per heavy atom. The predicted octanol–water partition coefficient (Wildman–Crippen LogP) is 3.01. The minimum atomic E-state index is -0.853. The number of aromatic carboxylic acids is 1. The lowest BCUT2D eigenvalue weighted by Crippen LogP contribution is -2.23. The van der Waals surface area contributed by atoms with E-state index < -0.39 is 5.97 Å². The highest BCUT2D eigenvalue weighted by Crippen LogP contribution is 2.29. The number of benzene rings is 1. The van der Waals surface area contributed by atoms with E-state index >= 15 is 0 Å². The SMILES string of the molecule is CN(CCC1CCC1)Cc1cccc(C(=O)O)c1. The molecule has 1 saturated carbocycles. The monoisotopic (exact) mass is 247 g/mol. The maximum atomic E-state index is 10.9. The fourth-order valence-electron chi connectivity index (χ4n) is 2.38. The van der Waals surface area contributed by atoms with Gasteiger partial charge in [-0.3, -0.25) is 0 Å². The summed E-state index contributed by atoms with van der Waals surface area (Å²) >= 11 is 0. The molecule has 1 aliphatic carbocycles. The van der Waals surface area contributed by atoms with Crippen LogP contribution in [0.3, 0.4) is 0 Å². The summed E-state index contributed by atoms with van der Waals surface area (Å²) in [5.74, 6) is 0.0757. The summed E-state index contributed by atoms with van der Waals surface area (Å²) < 4.78 is 0. The van der Waals surface area contributed by atoms with Crippen molar-refractivity contribution in [2.24, 2.45) is 5.92 Å². The summed E-state index contributed by atoms with van der Waals surface area (Å²) in [6, 6.07) is 7.22. The summed E-state index contributed by atoms with van der Waals surface area (Å²) in [6.45, 7) is 1.93. The molecule has 0 aromatic heterocycles. The molecule has 3 heteroatoms. The summed E-state index contributed by atoms with van der Waals surface area (Å²) in [5.41, 5.74) is 1.45. The average Bonchev–Trinajstić information content (AvgIpc) is 2.27. The van der Waals surface area contributed by atoms with E-state index in [0.29, 0.717) is 5.56 Å². The Labute approximate surface area is 108 Å². The molecule has 1 N–H and O–H groups in total. The molecule has 0 atom stereocenters. The second-order valence-electron chi connectivity index (χ2n) is 5.33. The Morgan fingerprint density at radius 3 is 2.83 bits per heavy atom. The highest BCUT2D eigenvalue weighted by atomic mass is 16.4. The maximum absolute atomic E-state index is 10.9. The van der Waals surface area contributed by atoms with Crippen molar-refractivity contribution in [2.75, 3.05) is 13.6 Å². The van der Waals surface area contributed by atoms with Crippen molar-refractivity contribution in [1.82, 2.24) is 4.90 Å². The lowest BCUT2D eigenvalue weighted by molar-refractivity contribution is 0.0696. The largest absolute Gasteiger partial charge is 0.478 e. The predicted molar refractivity (Wildman–Crippen MR) is 71.7 cm³/mol. The molecule has 0 heterocycles. The van der Waals surface area contributed by atoms with Crippen LogP contribution in [0.5, 0.6) is 0 Å². The third-order valence-electron chi connectivity index (χ3n) is 3.77. The Kier molecular flexibility index (Phi) is 4.37. The Morgan fingerprint density at radius 2 is 2.22 bits per heavy atom. The molecule has 1 fully saturated rings. The molecule has 0 aliphatic heterocycles. The van der Waals surface area contributed by atoms with Crippen LogP contribution in [0, 0.1) is 5.92 Å². The molecule has 18 heavy (non-hydrogen) atoms. The van der Waals surface area contributed by atoms with E-state index in [1.165, 1.54) is 25.7 Å². The van der Waals surface area contributed by atoms with Gasteiger partial charge in [0.2, 0.25) is 0 Å². The van der Waals surface area contributed by atoms with Crippen LogP contribution in [0.25, 0.3) is 0 Å². The van der Waals surface area contributed by atoms with Gasteiger partial charge in [-0.2, -0.15) is 0 Å². The minimum Gasteiger partial charge on any atom is -0.478 e. The molecule has 0 unspecified atom stereocenters. The van der Waals surface area contributed by atoms with Crippen molar-refractivity contribution in [1.29, 1.82) is 0 Å². The first kappa shape index (κ1) is 13.1. The summed E-state index contributed by atoms with van der Waals surface area (Å²) in [6.07, 6.45) is 5.45. The van der Waals surface area contributed by atoms with Gasteiger partial charge in [-0.15, -0.1) is 0 Å². The molecule has 1 aromatic rings. The first-order valence-corrected chi connectivity index (χ1v) is 6.66. The molecule has 0 saturated heterocycles. The van der Waals surface area contributed by atoms with Crippen LogP contribution in [-0.2, 0) is 6.54 Å². The normalized spacial score (nSPS) is 15.7. The number of hydrogen-bond acceptors (Lipinski definition) is 2. The fraction of sp³-hybridized carbons (Fsp3) is 0.533. The van der Waals surface area contributed by atoms with E-state index in [4.69, 9.17) is 5.11 Å². The van der Waals surface area contributed by atoms with Crippen molar-refractivity contribution in [3.63, 3.8) is 0 Å². The molecule has 0 bridgehead atoms. The van der Waals surface area contributed by atoms with Gasteiger partial charge >= 0.3 is 5.97 Å². The molecule has 98 valence electrons. The van der Waals surface area contributed by atoms with Crippen LogP contribution in [0.2, 0.25) is 0 Å². The van der Waals surface area contributed by atoms with Gasteiger partial charge in [-0.25, -0.2) is 4.79 Å². The molecular weight excluding hydrogens is 226 g/mol. The molecule has 0 radical (unpaired) electrons. The minimum absolute atomic E-state index is 0.375. The smallest absolute Gasteiger partial charge is 0.335 e. The van der Waals surface area contributed by atoms with Crippen LogP contribution in [-0.4, -0.2) is 29.6 Å². The highest BCUT2D eigenvalue weighted by molar-refractivity contribution is 5.87. The van der Waals surface area contributed by atoms with E-state index in [0.717, 1.165) is 24.6 Å². The van der Waals surface area contributed by atoms with Gasteiger partial charge < -0.3 is 10.0 Å². The van der Waals surface area contributed by atoms with Crippen molar-refractivity contribution in [3.05, 3.63) is 35.4 Å². The van der Waals surface area contributed by atoms with E-state index in [-0.39, 0.29) is 0 Å². The Balaban J connectivity index is 1.83. The molecule has 3 nitrogen and oxygen atoms in total. The van der Waals surface area contributed by atoms with Crippen molar-refractivity contribution in [3.8, 4) is 0 Å². The third-order valence-corrected chi connectivity index (χ3v) is 3.77. The topological polar surface area (TPSA) is 40.5 Å². The van der Waals surface area contributed by atoms with Gasteiger partial charge in [-0.05, 0) is 43.6 Å². The van der Waals surface area contributed by atoms with E-state index in [9.17, 15) is 4.79 Å². The van der Waals surface area contributed by atoms with Crippen molar-refractivity contribution >= 4 is 5.97 Å². The standard InChI is InChI=1S/C15H21NO2/c1-16(9-8-12-4-2-5-12)11-13-6-3-7-14(10-13)15(17)18/h3,6-7,10,12H,2,4-5,8-9,11H2,1H3,(H,17,18). The Bertz CT molecular complexity index is 413. The van der Waals surface area contributed by atoms with Gasteiger partial charge in [0.25, 0.3) is 0 Å². The number of nitrogens with zero attached hydrogens (tertiary/aromatic N) is 1. The average molecular weight is 247 g/mol. The number of carbonyl (C=O) groups is 1. The van der Waals surface area contributed by atoms with Crippen molar-refractivity contribution < 1.29 is 9.90 Å². The molecule has 1 aliphatic rings. The maximum Gasteiger partial charge on any atom is 0.335 e. The zero-order valence-corrected chi connectivity index (χ0v) is 10.9. The zero-order valence-electron chi connectivity index (χ0n) is 10.9. The summed E-state index contributed by atoms with van der Waals surface area (Å²) in [7, 11) is 2.10.